The van der Waals surface area contributed by atoms with Gasteiger partial charge in [-0.15, -0.1) is 0 Å². The van der Waals surface area contributed by atoms with E-state index < -0.39 is 0 Å². The van der Waals surface area contributed by atoms with Gasteiger partial charge in [0.1, 0.15) is 17.6 Å². The number of benzene rings is 1. The zero-order valence-electron chi connectivity index (χ0n) is 15.9. The van der Waals surface area contributed by atoms with Gasteiger partial charge in [-0.1, -0.05) is 0 Å². The molecule has 2 heterocycles. The van der Waals surface area contributed by atoms with Crippen molar-refractivity contribution < 1.29 is 14.3 Å². The molecule has 1 saturated heterocycles. The molecule has 1 N–H and O–H groups in total. The molecular weight excluding hydrogens is 346 g/mol. The number of carbonyl (C=O) groups excluding carboxylic acids is 1. The van der Waals surface area contributed by atoms with Crippen molar-refractivity contribution in [1.82, 2.24) is 9.47 Å². The minimum atomic E-state index is -0.162. The minimum absolute atomic E-state index is 0.104. The number of likely N-dealkylation sites (tertiary alicyclic amines) is 1. The maximum Gasteiger partial charge on any atom is 0.321 e. The lowest BCUT2D eigenvalue weighted by Gasteiger charge is -2.18. The van der Waals surface area contributed by atoms with Crippen LogP contribution in [0.5, 0.6) is 11.5 Å². The largest absolute Gasteiger partial charge is 0.494 e. The molecule has 2 amide bonds. The van der Waals surface area contributed by atoms with Crippen molar-refractivity contribution in [2.75, 3.05) is 25.0 Å². The molecule has 1 unspecified atom stereocenters. The van der Waals surface area contributed by atoms with Gasteiger partial charge >= 0.3 is 6.03 Å². The van der Waals surface area contributed by atoms with Crippen LogP contribution in [0.25, 0.3) is 0 Å². The quantitative estimate of drug-likeness (QED) is 0.877. The van der Waals surface area contributed by atoms with Gasteiger partial charge in [-0.25, -0.2) is 4.79 Å². The van der Waals surface area contributed by atoms with Crippen molar-refractivity contribution in [2.24, 2.45) is 7.05 Å². The number of aromatic nitrogens is 1. The van der Waals surface area contributed by atoms with Crippen molar-refractivity contribution in [3.05, 3.63) is 52.4 Å². The molecule has 1 atom stereocenters. The standard InChI is InChI=1S/C20H25N3O4/c1-4-26-16-7-5-15(6-8-16)21-20(25)23-10-9-17(13-23)27-18-11-14(2)22(3)19(24)12-18/h5-8,11-12,17H,4,9-10,13H2,1-3H3,(H,21,25). The monoisotopic (exact) mass is 371 g/mol. The number of ether oxygens (including phenoxy) is 2. The smallest absolute Gasteiger partial charge is 0.321 e. The summed E-state index contributed by atoms with van der Waals surface area (Å²) < 4.78 is 12.9. The van der Waals surface area contributed by atoms with E-state index in [1.54, 1.807) is 16.5 Å². The summed E-state index contributed by atoms with van der Waals surface area (Å²) in [6, 6.07) is 10.4. The van der Waals surface area contributed by atoms with Crippen LogP contribution in [0.15, 0.2) is 41.2 Å². The van der Waals surface area contributed by atoms with Crippen LogP contribution in [0.3, 0.4) is 0 Å². The first-order chi connectivity index (χ1) is 13.0. The summed E-state index contributed by atoms with van der Waals surface area (Å²) in [7, 11) is 1.73. The third-order valence-electron chi connectivity index (χ3n) is 4.63. The molecular formula is C20H25N3O4. The number of nitrogens with zero attached hydrogens (tertiary/aromatic N) is 2. The highest BCUT2D eigenvalue weighted by Crippen LogP contribution is 2.20. The summed E-state index contributed by atoms with van der Waals surface area (Å²) >= 11 is 0. The summed E-state index contributed by atoms with van der Waals surface area (Å²) in [5.41, 5.74) is 1.45. The van der Waals surface area contributed by atoms with E-state index in [1.807, 2.05) is 44.2 Å². The Morgan fingerprint density at radius 2 is 1.96 bits per heavy atom. The molecule has 7 heteroatoms. The number of anilines is 1. The van der Waals surface area contributed by atoms with E-state index in [1.165, 1.54) is 6.07 Å². The number of hydrogen-bond donors (Lipinski definition) is 1. The zero-order chi connectivity index (χ0) is 19.4. The van der Waals surface area contributed by atoms with E-state index in [-0.39, 0.29) is 17.7 Å². The predicted octanol–water partition coefficient (Wildman–Crippen LogP) is 2.78. The first-order valence-electron chi connectivity index (χ1n) is 9.09. The van der Waals surface area contributed by atoms with Crippen LogP contribution in [-0.4, -0.2) is 41.3 Å². The number of rotatable bonds is 5. The third-order valence-corrected chi connectivity index (χ3v) is 4.63. The highest BCUT2D eigenvalue weighted by Gasteiger charge is 2.28. The third kappa shape index (κ3) is 4.61. The Morgan fingerprint density at radius 3 is 2.63 bits per heavy atom. The highest BCUT2D eigenvalue weighted by atomic mass is 16.5. The normalized spacial score (nSPS) is 16.3. The molecule has 0 aliphatic carbocycles. The number of urea groups is 1. The van der Waals surface area contributed by atoms with Crippen molar-refractivity contribution >= 4 is 11.7 Å². The molecule has 1 aliphatic rings. The van der Waals surface area contributed by atoms with Crippen LogP contribution in [0.1, 0.15) is 19.0 Å². The number of aryl methyl sites for hydroxylation is 1. The molecule has 0 saturated carbocycles. The lowest BCUT2D eigenvalue weighted by Crippen LogP contribution is -2.34. The maximum atomic E-state index is 12.5. The first kappa shape index (κ1) is 18.8. The van der Waals surface area contributed by atoms with Crippen LogP contribution in [0.4, 0.5) is 10.5 Å². The molecule has 1 aromatic heterocycles. The SMILES string of the molecule is CCOc1ccc(NC(=O)N2CCC(Oc3cc(C)n(C)c(=O)c3)C2)cc1. The fourth-order valence-electron chi connectivity index (χ4n) is 3.01. The first-order valence-corrected chi connectivity index (χ1v) is 9.09. The molecule has 0 spiro atoms. The van der Waals surface area contributed by atoms with E-state index in [0.717, 1.165) is 23.6 Å². The Labute approximate surface area is 158 Å². The van der Waals surface area contributed by atoms with Crippen molar-refractivity contribution in [3.8, 4) is 11.5 Å². The van der Waals surface area contributed by atoms with E-state index in [9.17, 15) is 9.59 Å². The molecule has 1 fully saturated rings. The summed E-state index contributed by atoms with van der Waals surface area (Å²) in [6.07, 6.45) is 0.605. The van der Waals surface area contributed by atoms with Crippen molar-refractivity contribution in [1.29, 1.82) is 0 Å². The van der Waals surface area contributed by atoms with Gasteiger partial charge in [-0.3, -0.25) is 4.79 Å². The van der Waals surface area contributed by atoms with Gasteiger partial charge in [0.2, 0.25) is 0 Å². The van der Waals surface area contributed by atoms with Crippen LogP contribution in [0.2, 0.25) is 0 Å². The molecule has 1 aliphatic heterocycles. The molecule has 1 aromatic carbocycles. The van der Waals surface area contributed by atoms with E-state index >= 15 is 0 Å². The van der Waals surface area contributed by atoms with Crippen molar-refractivity contribution in [2.45, 2.75) is 26.4 Å². The van der Waals surface area contributed by atoms with Gasteiger partial charge in [-0.05, 0) is 44.2 Å². The van der Waals surface area contributed by atoms with Gasteiger partial charge in [0.25, 0.3) is 5.56 Å². The van der Waals surface area contributed by atoms with Gasteiger partial charge in [0, 0.05) is 37.5 Å². The highest BCUT2D eigenvalue weighted by molar-refractivity contribution is 5.89. The average molecular weight is 371 g/mol. The number of amides is 2. The minimum Gasteiger partial charge on any atom is -0.494 e. The molecule has 7 nitrogen and oxygen atoms in total. The molecule has 27 heavy (non-hydrogen) atoms. The molecule has 3 rings (SSSR count). The number of nitrogens with one attached hydrogen (secondary N) is 1. The summed E-state index contributed by atoms with van der Waals surface area (Å²) in [5, 5.41) is 2.89. The molecule has 0 radical (unpaired) electrons. The Bertz CT molecular complexity index is 861. The predicted molar refractivity (Wildman–Crippen MR) is 104 cm³/mol. The van der Waals surface area contributed by atoms with Crippen LogP contribution >= 0.6 is 0 Å². The Balaban J connectivity index is 1.55. The van der Waals surface area contributed by atoms with E-state index in [4.69, 9.17) is 9.47 Å². The Kier molecular flexibility index (Phi) is 5.69. The number of carbonyl (C=O) groups is 1. The topological polar surface area (TPSA) is 72.8 Å². The maximum absolute atomic E-state index is 12.5. The van der Waals surface area contributed by atoms with Crippen LogP contribution in [0, 0.1) is 6.92 Å². The average Bonchev–Trinajstić information content (AvgIpc) is 3.10. The molecule has 2 aromatic rings. The molecule has 144 valence electrons. The van der Waals surface area contributed by atoms with Crippen LogP contribution in [-0.2, 0) is 7.05 Å². The summed E-state index contributed by atoms with van der Waals surface area (Å²) in [6.45, 7) is 5.48. The lowest BCUT2D eigenvalue weighted by molar-refractivity contribution is 0.194. The number of hydrogen-bond acceptors (Lipinski definition) is 4. The van der Waals surface area contributed by atoms with Crippen LogP contribution < -0.4 is 20.3 Å². The van der Waals surface area contributed by atoms with Gasteiger partial charge in [0.15, 0.2) is 0 Å². The summed E-state index contributed by atoms with van der Waals surface area (Å²) in [4.78, 5) is 26.0. The van der Waals surface area contributed by atoms with E-state index in [2.05, 4.69) is 5.32 Å². The van der Waals surface area contributed by atoms with E-state index in [0.29, 0.717) is 25.4 Å². The second-order valence-corrected chi connectivity index (χ2v) is 6.59. The molecule has 0 bridgehead atoms. The zero-order valence-corrected chi connectivity index (χ0v) is 15.9. The summed E-state index contributed by atoms with van der Waals surface area (Å²) in [5.74, 6) is 1.32. The Hall–Kier alpha value is -2.96. The number of pyridine rings is 1. The van der Waals surface area contributed by atoms with Gasteiger partial charge < -0.3 is 24.3 Å². The van der Waals surface area contributed by atoms with Gasteiger partial charge in [0.05, 0.1) is 13.2 Å². The second kappa shape index (κ2) is 8.16. The fraction of sp³-hybridized carbons (Fsp3) is 0.400. The Morgan fingerprint density at radius 1 is 1.22 bits per heavy atom. The fourth-order valence-corrected chi connectivity index (χ4v) is 3.01. The second-order valence-electron chi connectivity index (χ2n) is 6.59. The van der Waals surface area contributed by atoms with Crippen molar-refractivity contribution in [3.63, 3.8) is 0 Å². The lowest BCUT2D eigenvalue weighted by atomic mass is 10.3. The van der Waals surface area contributed by atoms with Gasteiger partial charge in [-0.2, -0.15) is 0 Å².